The number of aromatic nitrogens is 1. The normalized spacial score (nSPS) is 21.7. The van der Waals surface area contributed by atoms with Crippen molar-refractivity contribution in [2.45, 2.75) is 38.9 Å². The van der Waals surface area contributed by atoms with E-state index < -0.39 is 0 Å². The van der Waals surface area contributed by atoms with Crippen molar-refractivity contribution in [3.8, 4) is 0 Å². The molecule has 0 amide bonds. The maximum absolute atomic E-state index is 6.00. The Morgan fingerprint density at radius 1 is 1.17 bits per heavy atom. The summed E-state index contributed by atoms with van der Waals surface area (Å²) in [6, 6.07) is 4.13. The second-order valence-corrected chi connectivity index (χ2v) is 6.60. The SMILES string of the molecule is CC1(C)OB(c2cc3sccc3cn2)OC1(C)C. The monoisotopic (exact) mass is 261 g/mol. The van der Waals surface area contributed by atoms with Gasteiger partial charge >= 0.3 is 7.12 Å². The molecule has 3 heterocycles. The van der Waals surface area contributed by atoms with Gasteiger partial charge in [0.15, 0.2) is 0 Å². The topological polar surface area (TPSA) is 31.4 Å². The van der Waals surface area contributed by atoms with E-state index in [-0.39, 0.29) is 18.3 Å². The summed E-state index contributed by atoms with van der Waals surface area (Å²) in [5, 5.41) is 3.24. The van der Waals surface area contributed by atoms with Crippen LogP contribution in [0.5, 0.6) is 0 Å². The Bertz CT molecular complexity index is 577. The summed E-state index contributed by atoms with van der Waals surface area (Å²) in [7, 11) is -0.374. The van der Waals surface area contributed by atoms with Gasteiger partial charge < -0.3 is 9.31 Å². The lowest BCUT2D eigenvalue weighted by molar-refractivity contribution is 0.00578. The molecule has 3 rings (SSSR count). The molecule has 0 bridgehead atoms. The minimum absolute atomic E-state index is 0.316. The highest BCUT2D eigenvalue weighted by Gasteiger charge is 2.52. The summed E-state index contributed by atoms with van der Waals surface area (Å²) in [5.74, 6) is 0. The van der Waals surface area contributed by atoms with Crippen molar-refractivity contribution in [1.29, 1.82) is 0 Å². The number of fused-ring (bicyclic) bond motifs is 1. The molecular formula is C13H16BNO2S. The molecule has 0 unspecified atom stereocenters. The maximum Gasteiger partial charge on any atom is 0.514 e. The number of thiophene rings is 1. The van der Waals surface area contributed by atoms with Gasteiger partial charge in [0.25, 0.3) is 0 Å². The molecule has 0 spiro atoms. The largest absolute Gasteiger partial charge is 0.514 e. The molecular weight excluding hydrogens is 245 g/mol. The first-order valence-corrected chi connectivity index (χ1v) is 6.96. The first-order chi connectivity index (χ1) is 8.39. The average molecular weight is 261 g/mol. The Hall–Kier alpha value is -0.905. The van der Waals surface area contributed by atoms with Crippen LogP contribution in [0.3, 0.4) is 0 Å². The van der Waals surface area contributed by atoms with Crippen molar-refractivity contribution >= 4 is 34.1 Å². The lowest BCUT2D eigenvalue weighted by Crippen LogP contribution is -2.41. The predicted molar refractivity (Wildman–Crippen MR) is 75.3 cm³/mol. The van der Waals surface area contributed by atoms with Crippen LogP contribution in [0.25, 0.3) is 10.1 Å². The van der Waals surface area contributed by atoms with Crippen LogP contribution in [0.4, 0.5) is 0 Å². The molecule has 0 atom stereocenters. The third-order valence-electron chi connectivity index (χ3n) is 3.85. The van der Waals surface area contributed by atoms with Gasteiger partial charge in [-0.05, 0) is 45.2 Å². The van der Waals surface area contributed by atoms with Gasteiger partial charge in [0.05, 0.1) is 16.8 Å². The summed E-state index contributed by atoms with van der Waals surface area (Å²) in [6.07, 6.45) is 1.88. The third-order valence-corrected chi connectivity index (χ3v) is 4.73. The van der Waals surface area contributed by atoms with E-state index in [4.69, 9.17) is 9.31 Å². The molecule has 5 heteroatoms. The predicted octanol–water partition coefficient (Wildman–Crippen LogP) is 2.60. The summed E-state index contributed by atoms with van der Waals surface area (Å²) in [6.45, 7) is 8.21. The van der Waals surface area contributed by atoms with Gasteiger partial charge in [-0.2, -0.15) is 0 Å². The van der Waals surface area contributed by atoms with E-state index in [9.17, 15) is 0 Å². The lowest BCUT2D eigenvalue weighted by Gasteiger charge is -2.32. The zero-order valence-corrected chi connectivity index (χ0v) is 11.9. The van der Waals surface area contributed by atoms with E-state index in [0.29, 0.717) is 0 Å². The summed E-state index contributed by atoms with van der Waals surface area (Å²) >= 11 is 1.71. The molecule has 18 heavy (non-hydrogen) atoms. The number of hydrogen-bond acceptors (Lipinski definition) is 4. The zero-order valence-electron chi connectivity index (χ0n) is 11.1. The molecule has 0 aromatic carbocycles. The van der Waals surface area contributed by atoms with Crippen molar-refractivity contribution in [2.24, 2.45) is 0 Å². The Labute approximate surface area is 111 Å². The number of pyridine rings is 1. The Morgan fingerprint density at radius 2 is 1.83 bits per heavy atom. The molecule has 1 aliphatic rings. The molecule has 0 saturated carbocycles. The quantitative estimate of drug-likeness (QED) is 0.739. The summed E-state index contributed by atoms with van der Waals surface area (Å²) in [5.41, 5.74) is 0.219. The molecule has 1 fully saturated rings. The third kappa shape index (κ3) is 1.78. The minimum Gasteiger partial charge on any atom is -0.398 e. The molecule has 1 saturated heterocycles. The van der Waals surface area contributed by atoms with Gasteiger partial charge in [0, 0.05) is 16.3 Å². The van der Waals surface area contributed by atoms with E-state index in [0.717, 1.165) is 5.59 Å². The molecule has 2 aromatic heterocycles. The Morgan fingerprint density at radius 3 is 2.50 bits per heavy atom. The van der Waals surface area contributed by atoms with Gasteiger partial charge in [-0.25, -0.2) is 0 Å². The van der Waals surface area contributed by atoms with Crippen molar-refractivity contribution in [1.82, 2.24) is 4.98 Å². The van der Waals surface area contributed by atoms with Crippen molar-refractivity contribution in [3.05, 3.63) is 23.7 Å². The second-order valence-electron chi connectivity index (χ2n) is 5.66. The summed E-state index contributed by atoms with van der Waals surface area (Å²) in [4.78, 5) is 4.45. The van der Waals surface area contributed by atoms with Crippen LogP contribution in [0.1, 0.15) is 27.7 Å². The van der Waals surface area contributed by atoms with Crippen molar-refractivity contribution in [3.63, 3.8) is 0 Å². The van der Waals surface area contributed by atoms with Gasteiger partial charge in [0.1, 0.15) is 0 Å². The van der Waals surface area contributed by atoms with Crippen LogP contribution in [-0.2, 0) is 9.31 Å². The van der Waals surface area contributed by atoms with E-state index in [1.54, 1.807) is 11.3 Å². The molecule has 1 aliphatic heterocycles. The van der Waals surface area contributed by atoms with Gasteiger partial charge in [-0.3, -0.25) is 4.98 Å². The molecule has 0 N–H and O–H groups in total. The number of nitrogens with zero attached hydrogens (tertiary/aromatic N) is 1. The molecule has 0 radical (unpaired) electrons. The first-order valence-electron chi connectivity index (χ1n) is 6.08. The molecule has 3 nitrogen and oxygen atoms in total. The fourth-order valence-corrected chi connectivity index (χ4v) is 2.77. The highest BCUT2D eigenvalue weighted by molar-refractivity contribution is 7.17. The van der Waals surface area contributed by atoms with Crippen LogP contribution in [0.2, 0.25) is 0 Å². The minimum atomic E-state index is -0.374. The van der Waals surface area contributed by atoms with E-state index in [1.165, 1.54) is 10.1 Å². The molecule has 94 valence electrons. The van der Waals surface area contributed by atoms with Crippen LogP contribution >= 0.6 is 11.3 Å². The molecule has 2 aromatic rings. The summed E-state index contributed by atoms with van der Waals surface area (Å²) < 4.78 is 13.2. The molecule has 0 aliphatic carbocycles. The highest BCUT2D eigenvalue weighted by Crippen LogP contribution is 2.36. The van der Waals surface area contributed by atoms with Crippen molar-refractivity contribution < 1.29 is 9.31 Å². The standard InChI is InChI=1S/C13H16BNO2S/c1-12(2)13(3,4)17-14(16-12)11-7-10-9(8-15-11)5-6-18-10/h5-8H,1-4H3. The number of rotatable bonds is 1. The van der Waals surface area contributed by atoms with E-state index in [1.807, 2.05) is 6.20 Å². The highest BCUT2D eigenvalue weighted by atomic mass is 32.1. The van der Waals surface area contributed by atoms with E-state index >= 15 is 0 Å². The Balaban J connectivity index is 1.96. The lowest BCUT2D eigenvalue weighted by atomic mass is 9.84. The van der Waals surface area contributed by atoms with Crippen LogP contribution < -0.4 is 5.59 Å². The first kappa shape index (κ1) is 12.1. The van der Waals surface area contributed by atoms with Crippen LogP contribution in [-0.4, -0.2) is 23.3 Å². The number of hydrogen-bond donors (Lipinski definition) is 0. The fraction of sp³-hybridized carbons (Fsp3) is 0.462. The van der Waals surface area contributed by atoms with Gasteiger partial charge in [-0.1, -0.05) is 0 Å². The maximum atomic E-state index is 6.00. The zero-order chi connectivity index (χ0) is 13.0. The second kappa shape index (κ2) is 3.79. The van der Waals surface area contributed by atoms with Crippen molar-refractivity contribution in [2.75, 3.05) is 0 Å². The van der Waals surface area contributed by atoms with Crippen LogP contribution in [0.15, 0.2) is 23.7 Å². The fourth-order valence-electron chi connectivity index (χ4n) is 1.96. The Kier molecular flexibility index (Phi) is 2.56. The average Bonchev–Trinajstić information content (AvgIpc) is 2.80. The smallest absolute Gasteiger partial charge is 0.398 e. The van der Waals surface area contributed by atoms with Gasteiger partial charge in [-0.15, -0.1) is 11.3 Å². The van der Waals surface area contributed by atoms with Crippen LogP contribution in [0, 0.1) is 0 Å². The van der Waals surface area contributed by atoms with Gasteiger partial charge in [0.2, 0.25) is 0 Å². The van der Waals surface area contributed by atoms with E-state index in [2.05, 4.69) is 50.2 Å².